The van der Waals surface area contributed by atoms with E-state index >= 15 is 0 Å². The Bertz CT molecular complexity index is 452. The van der Waals surface area contributed by atoms with Gasteiger partial charge in [-0.3, -0.25) is 15.0 Å². The number of rotatable bonds is 7. The van der Waals surface area contributed by atoms with Crippen molar-refractivity contribution in [1.29, 1.82) is 0 Å². The van der Waals surface area contributed by atoms with Crippen LogP contribution in [0.2, 0.25) is 0 Å². The Balaban J connectivity index is 0.00000163. The average molecular weight is 353 g/mol. The molecule has 0 bridgehead atoms. The first-order valence-electron chi connectivity index (χ1n) is 8.86. The molecule has 0 aliphatic heterocycles. The van der Waals surface area contributed by atoms with E-state index in [0.29, 0.717) is 25.1 Å². The van der Waals surface area contributed by atoms with Crippen LogP contribution in [0.15, 0.2) is 30.3 Å². The van der Waals surface area contributed by atoms with E-state index in [4.69, 9.17) is 0 Å². The molecule has 0 radical (unpaired) electrons. The number of nitrogens with one attached hydrogen (secondary N) is 1. The number of carbonyl (C=O) groups excluding carboxylic acids is 2. The summed E-state index contributed by atoms with van der Waals surface area (Å²) in [5.41, 5.74) is 3.86. The Hall–Kier alpha value is -1.49. The maximum absolute atomic E-state index is 12.0. The van der Waals surface area contributed by atoms with Crippen molar-refractivity contribution in [3.8, 4) is 0 Å². The zero-order valence-corrected chi connectivity index (χ0v) is 16.3. The molecule has 1 aromatic carbocycles. The number of carbonyl (C=O) groups is 2. The van der Waals surface area contributed by atoms with E-state index in [1.165, 1.54) is 23.2 Å². The van der Waals surface area contributed by atoms with E-state index < -0.39 is 0 Å². The number of hydrogen-bond acceptors (Lipinski definition) is 3. The molecule has 2 amide bonds. The number of amides is 2. The second kappa shape index (κ2) is 15.1. The molecule has 1 rings (SSSR count). The van der Waals surface area contributed by atoms with E-state index in [-0.39, 0.29) is 11.1 Å². The zero-order chi connectivity index (χ0) is 18.2. The Kier molecular flexibility index (Phi) is 14.1. The highest BCUT2D eigenvalue weighted by atomic mass is 32.2. The molecule has 0 atom stereocenters. The summed E-state index contributed by atoms with van der Waals surface area (Å²) in [4.78, 5) is 23.9. The van der Waals surface area contributed by atoms with Crippen molar-refractivity contribution < 1.29 is 9.59 Å². The van der Waals surface area contributed by atoms with E-state index in [1.54, 1.807) is 0 Å². The fraction of sp³-hybridized carbons (Fsp3) is 0.579. The fourth-order valence-corrected chi connectivity index (χ4v) is 2.36. The summed E-state index contributed by atoms with van der Waals surface area (Å²) in [6.07, 6.45) is 4.19. The highest BCUT2D eigenvalue weighted by molar-refractivity contribution is 8.13. The minimum Gasteiger partial charge on any atom is -0.273 e. The topological polar surface area (TPSA) is 49.4 Å². The summed E-state index contributed by atoms with van der Waals surface area (Å²) in [6.45, 7) is 8.81. The van der Waals surface area contributed by atoms with Crippen LogP contribution in [0.4, 0.5) is 4.79 Å². The van der Waals surface area contributed by atoms with Gasteiger partial charge in [0.15, 0.2) is 0 Å². The lowest BCUT2D eigenvalue weighted by molar-refractivity contribution is -0.124. The fourth-order valence-electron chi connectivity index (χ4n) is 1.82. The van der Waals surface area contributed by atoms with Crippen LogP contribution in [0.3, 0.4) is 0 Å². The molecule has 4 nitrogen and oxygen atoms in total. The van der Waals surface area contributed by atoms with Crippen LogP contribution in [0.1, 0.15) is 58.9 Å². The Morgan fingerprint density at radius 3 is 2.25 bits per heavy atom. The SMILES string of the molecule is CCC.CCCCN(NC(=O)CCc1ccccc1)C(=O)SCC. The quantitative estimate of drug-likeness (QED) is 0.699. The number of nitrogens with zero attached hydrogens (tertiary/aromatic N) is 1. The van der Waals surface area contributed by atoms with Crippen molar-refractivity contribution in [2.24, 2.45) is 0 Å². The first-order valence-corrected chi connectivity index (χ1v) is 9.85. The number of benzene rings is 1. The van der Waals surface area contributed by atoms with Crippen LogP contribution in [-0.2, 0) is 11.2 Å². The highest BCUT2D eigenvalue weighted by Gasteiger charge is 2.15. The van der Waals surface area contributed by atoms with Gasteiger partial charge in [0.2, 0.25) is 5.91 Å². The van der Waals surface area contributed by atoms with Gasteiger partial charge in [-0.25, -0.2) is 5.01 Å². The molecule has 136 valence electrons. The van der Waals surface area contributed by atoms with Gasteiger partial charge in [0.25, 0.3) is 5.24 Å². The second-order valence-corrected chi connectivity index (χ2v) is 6.65. The number of aryl methyl sites for hydroxylation is 1. The van der Waals surface area contributed by atoms with Gasteiger partial charge in [-0.05, 0) is 24.2 Å². The van der Waals surface area contributed by atoms with Crippen molar-refractivity contribution in [3.05, 3.63) is 35.9 Å². The minimum absolute atomic E-state index is 0.0842. The van der Waals surface area contributed by atoms with Crippen LogP contribution in [0.5, 0.6) is 0 Å². The third-order valence-electron chi connectivity index (χ3n) is 2.97. The van der Waals surface area contributed by atoms with Crippen LogP contribution >= 0.6 is 11.8 Å². The summed E-state index contributed by atoms with van der Waals surface area (Å²) in [6, 6.07) is 9.88. The molecule has 0 spiro atoms. The third kappa shape index (κ3) is 11.1. The summed E-state index contributed by atoms with van der Waals surface area (Å²) in [7, 11) is 0. The third-order valence-corrected chi connectivity index (χ3v) is 3.72. The van der Waals surface area contributed by atoms with Crippen molar-refractivity contribution >= 4 is 22.9 Å². The number of hydrazine groups is 1. The van der Waals surface area contributed by atoms with Gasteiger partial charge in [-0.1, -0.05) is 82.6 Å². The maximum Gasteiger partial charge on any atom is 0.300 e. The lowest BCUT2D eigenvalue weighted by Crippen LogP contribution is -2.45. The largest absolute Gasteiger partial charge is 0.300 e. The van der Waals surface area contributed by atoms with E-state index in [2.05, 4.69) is 26.2 Å². The summed E-state index contributed by atoms with van der Waals surface area (Å²) < 4.78 is 0. The smallest absolute Gasteiger partial charge is 0.273 e. The van der Waals surface area contributed by atoms with Crippen molar-refractivity contribution in [2.45, 2.75) is 59.8 Å². The molecule has 24 heavy (non-hydrogen) atoms. The molecular formula is C19H32N2O2S. The maximum atomic E-state index is 12.0. The molecule has 0 aliphatic rings. The molecule has 0 aliphatic carbocycles. The predicted molar refractivity (Wildman–Crippen MR) is 104 cm³/mol. The van der Waals surface area contributed by atoms with Crippen LogP contribution in [0, 0.1) is 0 Å². The molecule has 0 heterocycles. The van der Waals surface area contributed by atoms with E-state index in [9.17, 15) is 9.59 Å². The van der Waals surface area contributed by atoms with Gasteiger partial charge in [0.1, 0.15) is 0 Å². The Morgan fingerprint density at radius 2 is 1.71 bits per heavy atom. The monoisotopic (exact) mass is 352 g/mol. The first kappa shape index (κ1) is 22.5. The van der Waals surface area contributed by atoms with Gasteiger partial charge in [0.05, 0.1) is 0 Å². The number of thioether (sulfide) groups is 1. The molecule has 1 N–H and O–H groups in total. The number of hydrogen-bond donors (Lipinski definition) is 1. The van der Waals surface area contributed by atoms with Crippen molar-refractivity contribution in [2.75, 3.05) is 12.3 Å². The molecule has 1 aromatic rings. The van der Waals surface area contributed by atoms with Crippen molar-refractivity contribution in [3.63, 3.8) is 0 Å². The van der Waals surface area contributed by atoms with Crippen LogP contribution in [-0.4, -0.2) is 28.5 Å². The number of unbranched alkanes of at least 4 members (excludes halogenated alkanes) is 1. The average Bonchev–Trinajstić information content (AvgIpc) is 2.58. The zero-order valence-electron chi connectivity index (χ0n) is 15.5. The molecule has 0 aromatic heterocycles. The van der Waals surface area contributed by atoms with Gasteiger partial charge >= 0.3 is 0 Å². The normalized spacial score (nSPS) is 9.67. The highest BCUT2D eigenvalue weighted by Crippen LogP contribution is 2.08. The summed E-state index contributed by atoms with van der Waals surface area (Å²) in [5.74, 6) is 0.599. The Labute approximate surface area is 151 Å². The van der Waals surface area contributed by atoms with Gasteiger partial charge in [-0.15, -0.1) is 0 Å². The van der Waals surface area contributed by atoms with E-state index in [1.807, 2.05) is 37.3 Å². The molecular weight excluding hydrogens is 320 g/mol. The molecule has 0 saturated carbocycles. The molecule has 0 fully saturated rings. The predicted octanol–water partition coefficient (Wildman–Crippen LogP) is 5.04. The lowest BCUT2D eigenvalue weighted by atomic mass is 10.1. The summed E-state index contributed by atoms with van der Waals surface area (Å²) in [5, 5.41) is 1.37. The van der Waals surface area contributed by atoms with Crippen LogP contribution < -0.4 is 5.43 Å². The summed E-state index contributed by atoms with van der Waals surface area (Å²) >= 11 is 1.22. The van der Waals surface area contributed by atoms with E-state index in [0.717, 1.165) is 18.4 Å². The lowest BCUT2D eigenvalue weighted by Gasteiger charge is -2.22. The Morgan fingerprint density at radius 1 is 1.08 bits per heavy atom. The first-order chi connectivity index (χ1) is 11.6. The van der Waals surface area contributed by atoms with Gasteiger partial charge in [-0.2, -0.15) is 0 Å². The second-order valence-electron chi connectivity index (χ2n) is 5.43. The van der Waals surface area contributed by atoms with Gasteiger partial charge < -0.3 is 0 Å². The standard InChI is InChI=1S/C16H24N2O2S.C3H8/c1-3-5-13-18(16(20)21-4-2)17-15(19)12-11-14-9-7-6-8-10-14;1-3-2/h6-10H,3-5,11-13H2,1-2H3,(H,17,19);3H2,1-2H3. The minimum atomic E-state index is -0.111. The van der Waals surface area contributed by atoms with Gasteiger partial charge in [0, 0.05) is 13.0 Å². The van der Waals surface area contributed by atoms with Crippen LogP contribution in [0.25, 0.3) is 0 Å². The molecule has 0 saturated heterocycles. The van der Waals surface area contributed by atoms with Crippen molar-refractivity contribution in [1.82, 2.24) is 10.4 Å². The molecule has 5 heteroatoms. The molecule has 0 unspecified atom stereocenters.